The molecule has 0 spiro atoms. The van der Waals surface area contributed by atoms with E-state index in [1.807, 2.05) is 13.8 Å². The topological polar surface area (TPSA) is 146 Å². The third-order valence-corrected chi connectivity index (χ3v) is 5.36. The van der Waals surface area contributed by atoms with Crippen molar-refractivity contribution >= 4 is 17.8 Å². The number of esters is 2. The number of hydrogen-bond donors (Lipinski definition) is 2. The van der Waals surface area contributed by atoms with Crippen LogP contribution in [0.15, 0.2) is 15.8 Å². The Hall–Kier alpha value is -2.95. The average molecular weight is 439 g/mol. The molecule has 0 radical (unpaired) electrons. The minimum Gasteiger partial charge on any atom is -0.469 e. The average Bonchev–Trinajstić information content (AvgIpc) is 3.06. The SMILES string of the molecule is CC[C@H]1O[C@@H](c2cn(CCC(=O)OC)c(=O)[nH]c2=O)[C@@H](OC(=O)CCC(=O)NC)C1C. The fourth-order valence-electron chi connectivity index (χ4n) is 3.52. The number of carbonyl (C=O) groups excluding carboxylic acids is 3. The molecule has 1 aliphatic heterocycles. The fourth-order valence-corrected chi connectivity index (χ4v) is 3.52. The summed E-state index contributed by atoms with van der Waals surface area (Å²) in [6, 6.07) is 0. The van der Waals surface area contributed by atoms with E-state index in [1.165, 1.54) is 24.9 Å². The molecule has 31 heavy (non-hydrogen) atoms. The first-order valence-electron chi connectivity index (χ1n) is 10.2. The molecule has 1 fully saturated rings. The molecule has 2 heterocycles. The lowest BCUT2D eigenvalue weighted by Gasteiger charge is -2.22. The van der Waals surface area contributed by atoms with Crippen molar-refractivity contribution in [1.29, 1.82) is 0 Å². The van der Waals surface area contributed by atoms with Crippen LogP contribution in [-0.2, 0) is 35.1 Å². The molecule has 0 aliphatic carbocycles. The van der Waals surface area contributed by atoms with Gasteiger partial charge in [0.15, 0.2) is 0 Å². The Bertz CT molecular complexity index is 922. The molecule has 2 rings (SSSR count). The summed E-state index contributed by atoms with van der Waals surface area (Å²) in [4.78, 5) is 62.0. The molecule has 172 valence electrons. The van der Waals surface area contributed by atoms with Gasteiger partial charge in [0, 0.05) is 32.1 Å². The highest BCUT2D eigenvalue weighted by molar-refractivity contribution is 5.81. The zero-order valence-electron chi connectivity index (χ0n) is 18.1. The first-order chi connectivity index (χ1) is 14.7. The summed E-state index contributed by atoms with van der Waals surface area (Å²) in [6.45, 7) is 3.77. The number of aromatic amines is 1. The summed E-state index contributed by atoms with van der Waals surface area (Å²) in [6.07, 6.45) is -0.155. The second kappa shape index (κ2) is 10.9. The molecule has 1 unspecified atom stereocenters. The van der Waals surface area contributed by atoms with Crippen molar-refractivity contribution in [2.75, 3.05) is 14.2 Å². The Labute approximate surface area is 179 Å². The monoisotopic (exact) mass is 439 g/mol. The lowest BCUT2D eigenvalue weighted by Crippen LogP contribution is -2.36. The van der Waals surface area contributed by atoms with Crippen LogP contribution in [0.2, 0.25) is 0 Å². The van der Waals surface area contributed by atoms with Crippen molar-refractivity contribution < 1.29 is 28.6 Å². The van der Waals surface area contributed by atoms with Crippen LogP contribution < -0.4 is 16.6 Å². The minimum atomic E-state index is -0.891. The Morgan fingerprint density at radius 3 is 2.52 bits per heavy atom. The summed E-state index contributed by atoms with van der Waals surface area (Å²) in [7, 11) is 2.72. The summed E-state index contributed by atoms with van der Waals surface area (Å²) >= 11 is 0. The Morgan fingerprint density at radius 2 is 1.90 bits per heavy atom. The standard InChI is InChI=1S/C20H29N3O8/c1-5-13-11(2)17(31-16(26)7-6-14(24)21-3)18(30-13)12-10-23(9-8-15(25)29-4)20(28)22-19(12)27/h10-11,13,17-18H,5-9H2,1-4H3,(H,21,24)(H,22,27,28)/t11?,13-,17+,18+/m1/s1. The number of aromatic nitrogens is 2. The lowest BCUT2D eigenvalue weighted by molar-refractivity contribution is -0.154. The number of amides is 1. The van der Waals surface area contributed by atoms with Crippen molar-refractivity contribution in [1.82, 2.24) is 14.9 Å². The lowest BCUT2D eigenvalue weighted by atomic mass is 9.94. The van der Waals surface area contributed by atoms with Gasteiger partial charge in [-0.15, -0.1) is 0 Å². The van der Waals surface area contributed by atoms with Crippen LogP contribution in [0.1, 0.15) is 51.2 Å². The molecule has 0 saturated carbocycles. The highest BCUT2D eigenvalue weighted by Crippen LogP contribution is 2.39. The summed E-state index contributed by atoms with van der Waals surface area (Å²) < 4.78 is 17.4. The zero-order valence-corrected chi connectivity index (χ0v) is 18.1. The van der Waals surface area contributed by atoms with Gasteiger partial charge in [0.05, 0.1) is 31.6 Å². The number of aryl methyl sites for hydroxylation is 1. The van der Waals surface area contributed by atoms with Gasteiger partial charge in [0.25, 0.3) is 5.56 Å². The van der Waals surface area contributed by atoms with E-state index in [4.69, 9.17) is 9.47 Å². The molecule has 0 aromatic carbocycles. The summed E-state index contributed by atoms with van der Waals surface area (Å²) in [5.74, 6) is -1.58. The van der Waals surface area contributed by atoms with Crippen LogP contribution in [0.5, 0.6) is 0 Å². The molecular weight excluding hydrogens is 410 g/mol. The van der Waals surface area contributed by atoms with Crippen molar-refractivity contribution in [3.63, 3.8) is 0 Å². The van der Waals surface area contributed by atoms with E-state index in [0.717, 1.165) is 0 Å². The number of H-pyrrole nitrogens is 1. The van der Waals surface area contributed by atoms with Crippen LogP contribution >= 0.6 is 0 Å². The van der Waals surface area contributed by atoms with Crippen LogP contribution in [0.25, 0.3) is 0 Å². The molecule has 1 aliphatic rings. The molecule has 1 saturated heterocycles. The maximum absolute atomic E-state index is 12.5. The Balaban J connectivity index is 2.29. The number of nitrogens with one attached hydrogen (secondary N) is 2. The maximum Gasteiger partial charge on any atom is 0.328 e. The first-order valence-corrected chi connectivity index (χ1v) is 10.2. The number of rotatable bonds is 9. The van der Waals surface area contributed by atoms with E-state index in [-0.39, 0.29) is 49.3 Å². The van der Waals surface area contributed by atoms with Crippen molar-refractivity contribution in [2.24, 2.45) is 5.92 Å². The molecule has 2 N–H and O–H groups in total. The predicted octanol–water partition coefficient (Wildman–Crippen LogP) is 0.0237. The Kier molecular flexibility index (Phi) is 8.55. The van der Waals surface area contributed by atoms with E-state index in [2.05, 4.69) is 15.0 Å². The highest BCUT2D eigenvalue weighted by Gasteiger charge is 2.45. The van der Waals surface area contributed by atoms with Crippen molar-refractivity contribution in [2.45, 2.75) is 64.4 Å². The van der Waals surface area contributed by atoms with Gasteiger partial charge < -0.3 is 19.5 Å². The van der Waals surface area contributed by atoms with E-state index in [1.54, 1.807) is 0 Å². The molecule has 0 bridgehead atoms. The molecule has 1 aromatic heterocycles. The van der Waals surface area contributed by atoms with Gasteiger partial charge >= 0.3 is 17.6 Å². The van der Waals surface area contributed by atoms with Gasteiger partial charge in [0.1, 0.15) is 12.2 Å². The quantitative estimate of drug-likeness (QED) is 0.512. The third-order valence-electron chi connectivity index (χ3n) is 5.36. The predicted molar refractivity (Wildman–Crippen MR) is 108 cm³/mol. The van der Waals surface area contributed by atoms with Crippen LogP contribution in [-0.4, -0.2) is 53.8 Å². The maximum atomic E-state index is 12.5. The minimum absolute atomic E-state index is 0.00531. The van der Waals surface area contributed by atoms with E-state index in [9.17, 15) is 24.0 Å². The van der Waals surface area contributed by atoms with Crippen LogP contribution in [0, 0.1) is 5.92 Å². The number of nitrogens with zero attached hydrogens (tertiary/aromatic N) is 1. The van der Waals surface area contributed by atoms with E-state index in [0.29, 0.717) is 6.42 Å². The molecule has 11 heteroatoms. The summed E-state index contributed by atoms with van der Waals surface area (Å²) in [5.41, 5.74) is -1.20. The van der Waals surface area contributed by atoms with Crippen molar-refractivity contribution in [3.05, 3.63) is 32.6 Å². The third kappa shape index (κ3) is 6.03. The first kappa shape index (κ1) is 24.3. The molecule has 1 aromatic rings. The normalized spacial score (nSPS) is 22.7. The zero-order chi connectivity index (χ0) is 23.1. The highest BCUT2D eigenvalue weighted by atomic mass is 16.6. The number of ether oxygens (including phenoxy) is 3. The van der Waals surface area contributed by atoms with Gasteiger partial charge in [0.2, 0.25) is 5.91 Å². The van der Waals surface area contributed by atoms with E-state index < -0.39 is 35.4 Å². The molecule has 1 amide bonds. The smallest absolute Gasteiger partial charge is 0.328 e. The van der Waals surface area contributed by atoms with Crippen LogP contribution in [0.4, 0.5) is 0 Å². The van der Waals surface area contributed by atoms with Crippen LogP contribution in [0.3, 0.4) is 0 Å². The van der Waals surface area contributed by atoms with Gasteiger partial charge in [-0.05, 0) is 6.42 Å². The molecule has 4 atom stereocenters. The van der Waals surface area contributed by atoms with Gasteiger partial charge in [-0.2, -0.15) is 0 Å². The molecular formula is C20H29N3O8. The largest absolute Gasteiger partial charge is 0.469 e. The van der Waals surface area contributed by atoms with Gasteiger partial charge in [-0.25, -0.2) is 4.79 Å². The van der Waals surface area contributed by atoms with Gasteiger partial charge in [-0.3, -0.25) is 28.7 Å². The second-order valence-corrected chi connectivity index (χ2v) is 7.35. The number of carbonyl (C=O) groups is 3. The summed E-state index contributed by atoms with van der Waals surface area (Å²) in [5, 5.41) is 2.43. The number of hydrogen-bond acceptors (Lipinski definition) is 8. The number of methoxy groups -OCH3 is 1. The van der Waals surface area contributed by atoms with Gasteiger partial charge in [-0.1, -0.05) is 13.8 Å². The van der Waals surface area contributed by atoms with E-state index >= 15 is 0 Å². The molecule has 11 nitrogen and oxygen atoms in total. The second-order valence-electron chi connectivity index (χ2n) is 7.35. The van der Waals surface area contributed by atoms with Crippen molar-refractivity contribution in [3.8, 4) is 0 Å². The fraction of sp³-hybridized carbons (Fsp3) is 0.650. The Morgan fingerprint density at radius 1 is 1.19 bits per heavy atom.